The largest absolute Gasteiger partial charge is 0.481 e. The van der Waals surface area contributed by atoms with Gasteiger partial charge in [-0.05, 0) is 89.7 Å². The van der Waals surface area contributed by atoms with Crippen LogP contribution in [0.15, 0.2) is 40.3 Å². The van der Waals surface area contributed by atoms with Crippen LogP contribution in [0.3, 0.4) is 0 Å². The number of aliphatic imine (C=N–C) groups is 2. The summed E-state index contributed by atoms with van der Waals surface area (Å²) in [5, 5.41) is 66.5. The molecule has 0 aliphatic carbocycles. The number of amides is 12. The molecule has 0 fully saturated rings. The standard InChI is InChI=1S/C58H98N20O18S2/c1-28(2)43(77-55(94)44(30(4)80)78-53(92)40(27-98)75-46(85)32(60)14-10-22-66-57(62)63)54(93)73-37(24-31-12-6-5-7-13-31)50(89)76-39(26-97)52(91)71-34(17-19-41(61)81)48(87)70-35(18-20-42(82)83)49(88)74-38(25-79)51(90)69-33(16-11-23-67-58(64)65)47(86)68-29(3)45(84)72-36(56(95)96)15-8-9-21-59/h5-7,12-13,28-30,32-40,43-44,79-80,97-98H,8-11,14-27,59-60H2,1-4H3,(H2,61,81)(H,68,86)(H,69,90)(H,70,87)(H,71,91)(H,72,84)(H,73,93)(H,74,88)(H,75,85)(H,76,89)(H,77,94)(H,78,92)(H,82,83)(H,95,96)(H4,62,63,66)(H4,64,65,67)/t29-,30+,32-,33-,34-,35-,36-,37-,38-,39-,40-,43-,44-/m0/s1. The fraction of sp³-hybridized carbons (Fsp3) is 0.621. The molecular weight excluding hydrogens is 1330 g/mol. The number of nitrogens with two attached hydrogens (primary N) is 7. The Kier molecular flexibility index (Phi) is 40.9. The molecule has 98 heavy (non-hydrogen) atoms. The highest BCUT2D eigenvalue weighted by atomic mass is 32.1. The Bertz CT molecular complexity index is 2910. The average Bonchev–Trinajstić information content (AvgIpc) is 0.855. The summed E-state index contributed by atoms with van der Waals surface area (Å²) in [7, 11) is 0. The number of rotatable bonds is 48. The number of carboxylic acid groups (broad SMARTS) is 2. The topological polar surface area (TPSA) is 659 Å². The van der Waals surface area contributed by atoms with E-state index in [1.165, 1.54) is 27.7 Å². The summed E-state index contributed by atoms with van der Waals surface area (Å²) in [5.41, 5.74) is 38.8. The first-order chi connectivity index (χ1) is 46.1. The zero-order chi connectivity index (χ0) is 74.4. The van der Waals surface area contributed by atoms with Crippen molar-refractivity contribution < 1.29 is 87.5 Å². The number of carbonyl (C=O) groups is 14. The maximum Gasteiger partial charge on any atom is 0.326 e. The smallest absolute Gasteiger partial charge is 0.326 e. The number of benzene rings is 1. The number of thiol groups is 2. The van der Waals surface area contributed by atoms with Gasteiger partial charge >= 0.3 is 11.9 Å². The molecule has 0 aliphatic heterocycles. The molecule has 0 spiro atoms. The number of aliphatic hydroxyl groups excluding tert-OH is 2. The van der Waals surface area contributed by atoms with Crippen molar-refractivity contribution in [2.45, 2.75) is 183 Å². The highest BCUT2D eigenvalue weighted by Gasteiger charge is 2.38. The molecule has 0 saturated heterocycles. The van der Waals surface area contributed by atoms with Crippen molar-refractivity contribution in [3.63, 3.8) is 0 Å². The lowest BCUT2D eigenvalue weighted by molar-refractivity contribution is -0.142. The Hall–Kier alpha value is -9.12. The molecule has 12 amide bonds. The number of guanidine groups is 2. The van der Waals surface area contributed by atoms with Crippen molar-refractivity contribution >= 4 is 120 Å². The van der Waals surface area contributed by atoms with Gasteiger partial charge in [0, 0.05) is 43.9 Å². The second kappa shape index (κ2) is 46.2. The zero-order valence-corrected chi connectivity index (χ0v) is 56.8. The first kappa shape index (κ1) is 86.9. The summed E-state index contributed by atoms with van der Waals surface area (Å²) in [6.45, 7) is 4.68. The molecule has 29 N–H and O–H groups in total. The maximum atomic E-state index is 14.3. The monoisotopic (exact) mass is 1430 g/mol. The van der Waals surface area contributed by atoms with Gasteiger partial charge in [0.2, 0.25) is 70.9 Å². The molecule has 13 atom stereocenters. The number of nitrogens with zero attached hydrogens (tertiary/aromatic N) is 2. The van der Waals surface area contributed by atoms with Crippen LogP contribution < -0.4 is 98.6 Å². The summed E-state index contributed by atoms with van der Waals surface area (Å²) < 4.78 is 0. The Morgan fingerprint density at radius 1 is 0.459 bits per heavy atom. The van der Waals surface area contributed by atoms with Crippen LogP contribution in [0.2, 0.25) is 0 Å². The van der Waals surface area contributed by atoms with Gasteiger partial charge in [-0.15, -0.1) is 0 Å². The van der Waals surface area contributed by atoms with Gasteiger partial charge < -0.3 is 119 Å². The Morgan fingerprint density at radius 2 is 0.867 bits per heavy atom. The summed E-state index contributed by atoms with van der Waals surface area (Å²) >= 11 is 8.38. The molecule has 0 bridgehead atoms. The highest BCUT2D eigenvalue weighted by molar-refractivity contribution is 7.80. The lowest BCUT2D eigenvalue weighted by atomic mass is 10.00. The quantitative estimate of drug-likeness (QED) is 0.0125. The van der Waals surface area contributed by atoms with Crippen molar-refractivity contribution in [1.29, 1.82) is 0 Å². The first-order valence-corrected chi connectivity index (χ1v) is 32.6. The molecule has 0 saturated carbocycles. The SMILES string of the molecule is CC(C)[C@H](NC(=O)[C@@H](NC(=O)[C@H](CS)NC(=O)[C@@H](N)CCCN=C(N)N)[C@@H](C)O)C(=O)N[C@@H](Cc1ccccc1)C(=O)N[C@@H](CS)C(=O)N[C@@H](CCC(N)=O)C(=O)N[C@@H](CCC(=O)O)C(=O)N[C@@H](CO)C(=O)N[C@@H](CCCN=C(N)N)C(=O)N[C@@H](C)C(=O)N[C@@H](CCCCN)C(=O)O. The third-order valence-corrected chi connectivity index (χ3v) is 15.2. The number of carbonyl (C=O) groups excluding carboxylic acids is 12. The summed E-state index contributed by atoms with van der Waals surface area (Å²) in [6, 6.07) is -10.6. The van der Waals surface area contributed by atoms with E-state index in [0.29, 0.717) is 24.8 Å². The molecule has 38 nitrogen and oxygen atoms in total. The predicted molar refractivity (Wildman–Crippen MR) is 362 cm³/mol. The van der Waals surface area contributed by atoms with E-state index >= 15 is 0 Å². The van der Waals surface area contributed by atoms with E-state index in [2.05, 4.69) is 93.7 Å². The minimum Gasteiger partial charge on any atom is -0.481 e. The number of hydrogen-bond acceptors (Lipinski definition) is 22. The molecule has 1 aromatic carbocycles. The third-order valence-electron chi connectivity index (χ3n) is 14.5. The van der Waals surface area contributed by atoms with Crippen molar-refractivity contribution in [2.75, 3.05) is 37.7 Å². The number of aliphatic hydroxyl groups is 2. The van der Waals surface area contributed by atoms with Gasteiger partial charge in [0.1, 0.15) is 66.5 Å². The normalized spacial score (nSPS) is 15.0. The Morgan fingerprint density at radius 3 is 1.35 bits per heavy atom. The second-order valence-corrected chi connectivity index (χ2v) is 23.7. The van der Waals surface area contributed by atoms with Crippen LogP contribution in [0.1, 0.15) is 104 Å². The molecule has 0 radical (unpaired) electrons. The van der Waals surface area contributed by atoms with E-state index in [0.717, 1.165) is 0 Å². The van der Waals surface area contributed by atoms with Crippen LogP contribution in [0.5, 0.6) is 0 Å². The molecule has 0 unspecified atom stereocenters. The number of carboxylic acids is 2. The number of hydrogen-bond donors (Lipinski definition) is 24. The van der Waals surface area contributed by atoms with Crippen molar-refractivity contribution in [2.24, 2.45) is 56.0 Å². The van der Waals surface area contributed by atoms with Crippen LogP contribution in [0.4, 0.5) is 0 Å². The number of aliphatic carboxylic acids is 2. The first-order valence-electron chi connectivity index (χ1n) is 31.3. The fourth-order valence-electron chi connectivity index (χ4n) is 8.92. The lowest BCUT2D eigenvalue weighted by Gasteiger charge is -2.29. The predicted octanol–water partition coefficient (Wildman–Crippen LogP) is -8.75. The van der Waals surface area contributed by atoms with Crippen LogP contribution in [-0.4, -0.2) is 232 Å². The maximum absolute atomic E-state index is 14.3. The Balaban J connectivity index is 3.51. The molecule has 0 aromatic heterocycles. The summed E-state index contributed by atoms with van der Waals surface area (Å²) in [5.74, 6) is -17.3. The number of nitrogens with one attached hydrogen (secondary N) is 11. The van der Waals surface area contributed by atoms with Gasteiger partial charge in [0.15, 0.2) is 11.9 Å². The zero-order valence-electron chi connectivity index (χ0n) is 55.0. The fourth-order valence-corrected chi connectivity index (χ4v) is 9.44. The third kappa shape index (κ3) is 33.7. The van der Waals surface area contributed by atoms with Crippen LogP contribution in [0.25, 0.3) is 0 Å². The van der Waals surface area contributed by atoms with Gasteiger partial charge in [-0.1, -0.05) is 44.2 Å². The molecular formula is C58H98N20O18S2. The summed E-state index contributed by atoms with van der Waals surface area (Å²) in [4.78, 5) is 195. The average molecular weight is 1430 g/mol. The van der Waals surface area contributed by atoms with E-state index in [1.807, 2.05) is 0 Å². The van der Waals surface area contributed by atoms with Gasteiger partial charge in [-0.3, -0.25) is 72.3 Å². The van der Waals surface area contributed by atoms with E-state index in [4.69, 9.17) is 40.1 Å². The Labute approximate surface area is 576 Å². The lowest BCUT2D eigenvalue weighted by Crippen LogP contribution is -2.63. The molecule has 0 aliphatic rings. The van der Waals surface area contributed by atoms with Crippen molar-refractivity contribution in [3.8, 4) is 0 Å². The molecule has 1 aromatic rings. The van der Waals surface area contributed by atoms with Crippen LogP contribution >= 0.6 is 25.3 Å². The van der Waals surface area contributed by atoms with Gasteiger partial charge in [-0.25, -0.2) is 4.79 Å². The van der Waals surface area contributed by atoms with Crippen LogP contribution in [0, 0.1) is 5.92 Å². The molecule has 0 heterocycles. The van der Waals surface area contributed by atoms with Gasteiger partial charge in [0.05, 0.1) is 18.8 Å². The molecule has 1 rings (SSSR count). The van der Waals surface area contributed by atoms with Crippen LogP contribution in [-0.2, 0) is 73.5 Å². The van der Waals surface area contributed by atoms with Gasteiger partial charge in [0.25, 0.3) is 0 Å². The highest BCUT2D eigenvalue weighted by Crippen LogP contribution is 2.12. The summed E-state index contributed by atoms with van der Waals surface area (Å²) in [6.07, 6.45) is -3.40. The molecule has 40 heteroatoms. The van der Waals surface area contributed by atoms with Gasteiger partial charge in [-0.2, -0.15) is 25.3 Å². The molecule has 550 valence electrons. The van der Waals surface area contributed by atoms with Crippen molar-refractivity contribution in [3.05, 3.63) is 35.9 Å². The van der Waals surface area contributed by atoms with Crippen molar-refractivity contribution in [1.82, 2.24) is 58.5 Å². The minimum atomic E-state index is -1.94. The van der Waals surface area contributed by atoms with E-state index in [9.17, 15) is 87.5 Å². The second-order valence-electron chi connectivity index (χ2n) is 23.0. The number of unbranched alkanes of at least 4 members (excludes halogenated alkanes) is 1. The van der Waals surface area contributed by atoms with E-state index < -0.39 is 205 Å². The van der Waals surface area contributed by atoms with E-state index in [1.54, 1.807) is 30.3 Å². The van der Waals surface area contributed by atoms with E-state index in [-0.39, 0.29) is 69.4 Å². The minimum absolute atomic E-state index is 0.0231. The number of primary amides is 1.